The molecule has 112 valence electrons. The molecule has 1 amide bonds. The second-order valence-corrected chi connectivity index (χ2v) is 4.93. The predicted octanol–water partition coefficient (Wildman–Crippen LogP) is 2.94. The summed E-state index contributed by atoms with van der Waals surface area (Å²) in [4.78, 5) is 14.8. The standard InChI is InChI=1S/C12H9F4N3OS/c13-7-3-1-6(2-4-7)9(10(17)20)19-11-18-8(5-21-11)12(14,15)16/h1-5,9H,(H2,17,20)(H,18,19). The van der Waals surface area contributed by atoms with E-state index in [0.29, 0.717) is 16.9 Å². The zero-order valence-corrected chi connectivity index (χ0v) is 11.1. The Morgan fingerprint density at radius 1 is 1.29 bits per heavy atom. The maximum atomic E-state index is 12.8. The van der Waals surface area contributed by atoms with E-state index >= 15 is 0 Å². The topological polar surface area (TPSA) is 68.0 Å². The Morgan fingerprint density at radius 2 is 1.90 bits per heavy atom. The molecule has 0 fully saturated rings. The van der Waals surface area contributed by atoms with Crippen molar-refractivity contribution in [1.82, 2.24) is 4.98 Å². The number of hydrogen-bond donors (Lipinski definition) is 2. The van der Waals surface area contributed by atoms with E-state index in [1.807, 2.05) is 0 Å². The van der Waals surface area contributed by atoms with Gasteiger partial charge in [0.2, 0.25) is 5.91 Å². The van der Waals surface area contributed by atoms with Crippen molar-refractivity contribution in [2.24, 2.45) is 5.73 Å². The lowest BCUT2D eigenvalue weighted by atomic mass is 10.1. The average molecular weight is 319 g/mol. The van der Waals surface area contributed by atoms with Gasteiger partial charge in [0.25, 0.3) is 0 Å². The molecule has 4 nitrogen and oxygen atoms in total. The first-order chi connectivity index (χ1) is 9.77. The molecule has 1 atom stereocenters. The van der Waals surface area contributed by atoms with Crippen molar-refractivity contribution in [2.75, 3.05) is 5.32 Å². The summed E-state index contributed by atoms with van der Waals surface area (Å²) in [6.45, 7) is 0. The van der Waals surface area contributed by atoms with Gasteiger partial charge in [0, 0.05) is 5.38 Å². The molecular formula is C12H9F4N3OS. The van der Waals surface area contributed by atoms with Gasteiger partial charge in [0.15, 0.2) is 10.8 Å². The van der Waals surface area contributed by atoms with Gasteiger partial charge in [-0.15, -0.1) is 11.3 Å². The van der Waals surface area contributed by atoms with Crippen LogP contribution >= 0.6 is 11.3 Å². The minimum Gasteiger partial charge on any atom is -0.368 e. The Morgan fingerprint density at radius 3 is 2.38 bits per heavy atom. The third kappa shape index (κ3) is 3.69. The second-order valence-electron chi connectivity index (χ2n) is 4.07. The van der Waals surface area contributed by atoms with Crippen LogP contribution in [0.25, 0.3) is 0 Å². The molecule has 0 spiro atoms. The third-order valence-electron chi connectivity index (χ3n) is 2.55. The lowest BCUT2D eigenvalue weighted by molar-refractivity contribution is -0.140. The number of carbonyl (C=O) groups is 1. The molecule has 0 aliphatic carbocycles. The molecule has 0 saturated heterocycles. The molecule has 0 radical (unpaired) electrons. The van der Waals surface area contributed by atoms with E-state index in [-0.39, 0.29) is 5.13 Å². The van der Waals surface area contributed by atoms with Gasteiger partial charge in [-0.2, -0.15) is 13.2 Å². The molecule has 1 heterocycles. The number of amides is 1. The monoisotopic (exact) mass is 319 g/mol. The largest absolute Gasteiger partial charge is 0.434 e. The zero-order chi connectivity index (χ0) is 15.6. The van der Waals surface area contributed by atoms with Crippen molar-refractivity contribution >= 4 is 22.4 Å². The van der Waals surface area contributed by atoms with E-state index in [4.69, 9.17) is 5.73 Å². The zero-order valence-electron chi connectivity index (χ0n) is 10.3. The highest BCUT2D eigenvalue weighted by molar-refractivity contribution is 7.13. The number of rotatable bonds is 4. The minimum absolute atomic E-state index is 0.101. The Labute approximate surface area is 120 Å². The number of nitrogens with zero attached hydrogens (tertiary/aromatic N) is 1. The van der Waals surface area contributed by atoms with Crippen molar-refractivity contribution < 1.29 is 22.4 Å². The lowest BCUT2D eigenvalue weighted by Gasteiger charge is -2.15. The first-order valence-corrected chi connectivity index (χ1v) is 6.49. The van der Waals surface area contributed by atoms with Crippen molar-refractivity contribution in [3.05, 3.63) is 46.7 Å². The molecule has 1 unspecified atom stereocenters. The molecule has 1 aromatic heterocycles. The van der Waals surface area contributed by atoms with Crippen LogP contribution < -0.4 is 11.1 Å². The molecule has 1 aromatic carbocycles. The summed E-state index contributed by atoms with van der Waals surface area (Å²) in [6, 6.07) is 3.77. The lowest BCUT2D eigenvalue weighted by Crippen LogP contribution is -2.27. The molecule has 0 bridgehead atoms. The fourth-order valence-corrected chi connectivity index (χ4v) is 2.31. The van der Waals surface area contributed by atoms with Gasteiger partial charge < -0.3 is 11.1 Å². The van der Waals surface area contributed by atoms with Crippen molar-refractivity contribution in [2.45, 2.75) is 12.2 Å². The average Bonchev–Trinajstić information content (AvgIpc) is 2.85. The predicted molar refractivity (Wildman–Crippen MR) is 69.1 cm³/mol. The van der Waals surface area contributed by atoms with Crippen LogP contribution in [0.1, 0.15) is 17.3 Å². The van der Waals surface area contributed by atoms with Gasteiger partial charge in [0.05, 0.1) is 0 Å². The SMILES string of the molecule is NC(=O)C(Nc1nc(C(F)(F)F)cs1)c1ccc(F)cc1. The maximum Gasteiger partial charge on any atom is 0.434 e. The van der Waals surface area contributed by atoms with E-state index in [1.54, 1.807) is 0 Å². The maximum absolute atomic E-state index is 12.8. The van der Waals surface area contributed by atoms with Crippen LogP contribution in [0.2, 0.25) is 0 Å². The number of alkyl halides is 3. The van der Waals surface area contributed by atoms with Crippen molar-refractivity contribution in [1.29, 1.82) is 0 Å². The number of halogens is 4. The summed E-state index contributed by atoms with van der Waals surface area (Å²) in [5.74, 6) is -1.32. The van der Waals surface area contributed by atoms with Gasteiger partial charge in [-0.3, -0.25) is 4.79 Å². The Bertz CT molecular complexity index is 639. The van der Waals surface area contributed by atoms with Gasteiger partial charge >= 0.3 is 6.18 Å². The van der Waals surface area contributed by atoms with E-state index in [9.17, 15) is 22.4 Å². The summed E-state index contributed by atoms with van der Waals surface area (Å²) >= 11 is 0.696. The van der Waals surface area contributed by atoms with Crippen LogP contribution in [0.4, 0.5) is 22.7 Å². The van der Waals surface area contributed by atoms with Crippen molar-refractivity contribution in [3.8, 4) is 0 Å². The molecule has 2 rings (SSSR count). The molecular weight excluding hydrogens is 310 g/mol. The number of nitrogens with two attached hydrogens (primary N) is 1. The Balaban J connectivity index is 2.23. The fraction of sp³-hybridized carbons (Fsp3) is 0.167. The summed E-state index contributed by atoms with van der Waals surface area (Å²) in [6.07, 6.45) is -4.56. The van der Waals surface area contributed by atoms with E-state index in [1.165, 1.54) is 12.1 Å². The van der Waals surface area contributed by atoms with Gasteiger partial charge in [-0.05, 0) is 17.7 Å². The Hall–Kier alpha value is -2.16. The molecule has 2 aromatic rings. The number of anilines is 1. The van der Waals surface area contributed by atoms with Crippen LogP contribution in [-0.2, 0) is 11.0 Å². The summed E-state index contributed by atoms with van der Waals surface area (Å²) in [5.41, 5.74) is 4.48. The summed E-state index contributed by atoms with van der Waals surface area (Å²) in [5, 5.41) is 3.24. The number of aromatic nitrogens is 1. The van der Waals surface area contributed by atoms with Crippen molar-refractivity contribution in [3.63, 3.8) is 0 Å². The van der Waals surface area contributed by atoms with Gasteiger partial charge in [-0.1, -0.05) is 12.1 Å². The number of nitrogens with one attached hydrogen (secondary N) is 1. The highest BCUT2D eigenvalue weighted by Gasteiger charge is 2.34. The van der Waals surface area contributed by atoms with Crippen LogP contribution in [0, 0.1) is 5.82 Å². The van der Waals surface area contributed by atoms with Crippen LogP contribution in [0.5, 0.6) is 0 Å². The molecule has 0 saturated carbocycles. The third-order valence-corrected chi connectivity index (χ3v) is 3.32. The van der Waals surface area contributed by atoms with Crippen LogP contribution in [-0.4, -0.2) is 10.9 Å². The summed E-state index contributed by atoms with van der Waals surface area (Å²) in [7, 11) is 0. The van der Waals surface area contributed by atoms with Crippen LogP contribution in [0.15, 0.2) is 29.6 Å². The number of benzene rings is 1. The van der Waals surface area contributed by atoms with Crippen LogP contribution in [0.3, 0.4) is 0 Å². The minimum atomic E-state index is -4.56. The molecule has 21 heavy (non-hydrogen) atoms. The quantitative estimate of drug-likeness (QED) is 0.852. The smallest absolute Gasteiger partial charge is 0.368 e. The Kier molecular flexibility index (Phi) is 4.12. The highest BCUT2D eigenvalue weighted by atomic mass is 32.1. The normalized spacial score (nSPS) is 13.0. The molecule has 0 aliphatic rings. The second kappa shape index (κ2) is 5.68. The first kappa shape index (κ1) is 15.2. The van der Waals surface area contributed by atoms with Gasteiger partial charge in [-0.25, -0.2) is 9.37 Å². The molecule has 9 heteroatoms. The fourth-order valence-electron chi connectivity index (χ4n) is 1.57. The molecule has 3 N–H and O–H groups in total. The number of carbonyl (C=O) groups excluding carboxylic acids is 1. The first-order valence-electron chi connectivity index (χ1n) is 5.61. The number of hydrogen-bond acceptors (Lipinski definition) is 4. The highest BCUT2D eigenvalue weighted by Crippen LogP contribution is 2.32. The van der Waals surface area contributed by atoms with E-state index in [0.717, 1.165) is 17.5 Å². The van der Waals surface area contributed by atoms with Gasteiger partial charge in [0.1, 0.15) is 11.9 Å². The number of thiazole rings is 1. The number of primary amides is 1. The molecule has 0 aliphatic heterocycles. The van der Waals surface area contributed by atoms with E-state index in [2.05, 4.69) is 10.3 Å². The van der Waals surface area contributed by atoms with E-state index < -0.39 is 29.6 Å². The summed E-state index contributed by atoms with van der Waals surface area (Å²) < 4.78 is 50.2.